The Labute approximate surface area is 269 Å². The molecule has 1 aliphatic carbocycles. The standard InChI is InChI=1S/C43H33N3/c1-43(2)36-21-10-9-19-33(36)35-26-30-23-24-46(39-22-12-20-34(40(30)39)41(35)43)32-18-11-17-31(25-32)42-44-37(28-13-5-3-6-14-28)27-38(45-42)29-15-7-4-8-16-29/h3-27,42,44H,1-2H3. The molecule has 0 saturated carbocycles. The van der Waals surface area contributed by atoms with Gasteiger partial charge in [0.05, 0.1) is 11.4 Å². The van der Waals surface area contributed by atoms with E-state index in [0.29, 0.717) is 0 Å². The number of hydrogen-bond acceptors (Lipinski definition) is 3. The van der Waals surface area contributed by atoms with Gasteiger partial charge >= 0.3 is 0 Å². The van der Waals surface area contributed by atoms with Gasteiger partial charge in [0.25, 0.3) is 0 Å². The van der Waals surface area contributed by atoms with Gasteiger partial charge in [0.2, 0.25) is 0 Å². The molecule has 2 heterocycles. The number of rotatable bonds is 4. The van der Waals surface area contributed by atoms with Gasteiger partial charge in [-0.25, -0.2) is 0 Å². The normalized spacial score (nSPS) is 17.2. The summed E-state index contributed by atoms with van der Waals surface area (Å²) in [5.41, 5.74) is 14.5. The zero-order chi connectivity index (χ0) is 30.8. The molecule has 220 valence electrons. The molecule has 3 heteroatoms. The van der Waals surface area contributed by atoms with E-state index in [2.05, 4.69) is 170 Å². The predicted molar refractivity (Wildman–Crippen MR) is 192 cm³/mol. The van der Waals surface area contributed by atoms with E-state index in [0.717, 1.165) is 33.8 Å². The Balaban J connectivity index is 1.14. The van der Waals surface area contributed by atoms with Crippen molar-refractivity contribution in [2.75, 3.05) is 4.90 Å². The van der Waals surface area contributed by atoms with Crippen molar-refractivity contribution in [3.63, 3.8) is 0 Å². The number of aliphatic imine (C=N–C) groups is 1. The van der Waals surface area contributed by atoms with E-state index in [9.17, 15) is 0 Å². The lowest BCUT2D eigenvalue weighted by Gasteiger charge is -2.30. The maximum absolute atomic E-state index is 5.23. The molecule has 6 aromatic rings. The summed E-state index contributed by atoms with van der Waals surface area (Å²) in [6.45, 7) is 4.73. The molecule has 3 nitrogen and oxygen atoms in total. The number of nitrogens with zero attached hydrogens (tertiary/aromatic N) is 2. The first-order chi connectivity index (χ1) is 22.6. The molecule has 3 aliphatic rings. The maximum atomic E-state index is 5.23. The summed E-state index contributed by atoms with van der Waals surface area (Å²) >= 11 is 0. The Morgan fingerprint density at radius 3 is 2.26 bits per heavy atom. The summed E-state index contributed by atoms with van der Waals surface area (Å²) in [7, 11) is 0. The largest absolute Gasteiger partial charge is 0.360 e. The number of allylic oxidation sites excluding steroid dienone is 1. The highest BCUT2D eigenvalue weighted by molar-refractivity contribution is 6.13. The van der Waals surface area contributed by atoms with Gasteiger partial charge in [-0.2, -0.15) is 0 Å². The average molecular weight is 592 g/mol. The van der Waals surface area contributed by atoms with Crippen LogP contribution in [0.4, 0.5) is 11.4 Å². The molecular formula is C43H33N3. The third-order valence-electron chi connectivity index (χ3n) is 9.81. The monoisotopic (exact) mass is 591 g/mol. The van der Waals surface area contributed by atoms with Gasteiger partial charge in [-0.1, -0.05) is 123 Å². The van der Waals surface area contributed by atoms with Gasteiger partial charge in [-0.3, -0.25) is 4.99 Å². The maximum Gasteiger partial charge on any atom is 0.145 e. The van der Waals surface area contributed by atoms with Gasteiger partial charge in [-0.15, -0.1) is 0 Å². The van der Waals surface area contributed by atoms with Crippen LogP contribution in [0.2, 0.25) is 0 Å². The Hall–Kier alpha value is -5.67. The van der Waals surface area contributed by atoms with E-state index in [-0.39, 0.29) is 11.6 Å². The molecular weight excluding hydrogens is 558 g/mol. The van der Waals surface area contributed by atoms with E-state index in [1.807, 2.05) is 6.07 Å². The van der Waals surface area contributed by atoms with Gasteiger partial charge in [0, 0.05) is 28.4 Å². The molecule has 1 unspecified atom stereocenters. The second-order valence-electron chi connectivity index (χ2n) is 12.9. The number of nitrogens with one attached hydrogen (secondary N) is 1. The second kappa shape index (κ2) is 10.2. The van der Waals surface area contributed by atoms with Crippen LogP contribution >= 0.6 is 0 Å². The minimum Gasteiger partial charge on any atom is -0.360 e. The highest BCUT2D eigenvalue weighted by Gasteiger charge is 2.38. The van der Waals surface area contributed by atoms with Gasteiger partial charge in [0.15, 0.2) is 0 Å². The molecule has 0 saturated heterocycles. The Morgan fingerprint density at radius 1 is 0.696 bits per heavy atom. The van der Waals surface area contributed by atoms with E-state index < -0.39 is 0 Å². The van der Waals surface area contributed by atoms with Crippen LogP contribution in [0.15, 0.2) is 151 Å². The molecule has 0 aromatic heterocycles. The van der Waals surface area contributed by atoms with E-state index in [1.54, 1.807) is 0 Å². The van der Waals surface area contributed by atoms with Gasteiger partial charge in [0.1, 0.15) is 6.17 Å². The topological polar surface area (TPSA) is 27.6 Å². The molecule has 0 radical (unpaired) electrons. The minimum absolute atomic E-state index is 0.0694. The molecule has 0 fully saturated rings. The van der Waals surface area contributed by atoms with Crippen LogP contribution in [0, 0.1) is 0 Å². The van der Waals surface area contributed by atoms with Crippen molar-refractivity contribution < 1.29 is 0 Å². The molecule has 46 heavy (non-hydrogen) atoms. The number of benzene rings is 6. The minimum atomic E-state index is -0.227. The van der Waals surface area contributed by atoms with E-state index in [4.69, 9.17) is 4.99 Å². The average Bonchev–Trinajstić information content (AvgIpc) is 3.35. The van der Waals surface area contributed by atoms with Crippen LogP contribution in [0.3, 0.4) is 0 Å². The van der Waals surface area contributed by atoms with Crippen molar-refractivity contribution in [1.82, 2.24) is 5.32 Å². The molecule has 9 rings (SSSR count). The Morgan fingerprint density at radius 2 is 1.43 bits per heavy atom. The fourth-order valence-corrected chi connectivity index (χ4v) is 7.66. The molecule has 0 spiro atoms. The summed E-state index contributed by atoms with van der Waals surface area (Å²) in [6, 6.07) is 47.8. The first-order valence-corrected chi connectivity index (χ1v) is 16.0. The summed E-state index contributed by atoms with van der Waals surface area (Å²) in [5, 5.41) is 6.38. The van der Waals surface area contributed by atoms with Crippen molar-refractivity contribution in [2.45, 2.75) is 25.4 Å². The zero-order valence-corrected chi connectivity index (χ0v) is 25.9. The first-order valence-electron chi connectivity index (χ1n) is 16.0. The smallest absolute Gasteiger partial charge is 0.145 e. The molecule has 6 aromatic carbocycles. The Kier molecular flexibility index (Phi) is 5.91. The van der Waals surface area contributed by atoms with Crippen LogP contribution < -0.4 is 10.2 Å². The van der Waals surface area contributed by atoms with E-state index >= 15 is 0 Å². The second-order valence-corrected chi connectivity index (χ2v) is 12.9. The van der Waals surface area contributed by atoms with Crippen LogP contribution in [-0.4, -0.2) is 5.71 Å². The lowest BCUT2D eigenvalue weighted by atomic mass is 9.79. The summed E-state index contributed by atoms with van der Waals surface area (Å²) < 4.78 is 0. The van der Waals surface area contributed by atoms with Crippen LogP contribution in [0.5, 0.6) is 0 Å². The number of anilines is 2. The molecule has 1 atom stereocenters. The molecule has 0 bridgehead atoms. The molecule has 0 amide bonds. The summed E-state index contributed by atoms with van der Waals surface area (Å²) in [4.78, 5) is 7.56. The zero-order valence-electron chi connectivity index (χ0n) is 25.9. The fraction of sp³-hybridized carbons (Fsp3) is 0.0930. The molecule has 2 aliphatic heterocycles. The van der Waals surface area contributed by atoms with Crippen LogP contribution in [-0.2, 0) is 5.41 Å². The van der Waals surface area contributed by atoms with Crippen molar-refractivity contribution >= 4 is 39.6 Å². The third kappa shape index (κ3) is 4.09. The number of hydrogen-bond donors (Lipinski definition) is 1. The lowest BCUT2D eigenvalue weighted by molar-refractivity contribution is 0.664. The fourth-order valence-electron chi connectivity index (χ4n) is 7.66. The van der Waals surface area contributed by atoms with Gasteiger partial charge < -0.3 is 10.2 Å². The lowest BCUT2D eigenvalue weighted by Crippen LogP contribution is -2.25. The van der Waals surface area contributed by atoms with Crippen molar-refractivity contribution in [3.8, 4) is 11.1 Å². The van der Waals surface area contributed by atoms with Crippen molar-refractivity contribution in [1.29, 1.82) is 0 Å². The van der Waals surface area contributed by atoms with Gasteiger partial charge in [-0.05, 0) is 86.3 Å². The SMILES string of the molecule is CC1(C)c2ccccc2-c2cc3c4c(cccc4c21)N(c1cccc(C2N=C(c4ccccc4)C=C(c4ccccc4)N2)c1)C=C3. The van der Waals surface area contributed by atoms with Crippen molar-refractivity contribution in [3.05, 3.63) is 179 Å². The van der Waals surface area contributed by atoms with Crippen molar-refractivity contribution in [2.24, 2.45) is 4.99 Å². The third-order valence-corrected chi connectivity index (χ3v) is 9.81. The Bertz CT molecular complexity index is 2260. The quantitative estimate of drug-likeness (QED) is 0.221. The highest BCUT2D eigenvalue weighted by atomic mass is 15.1. The predicted octanol–water partition coefficient (Wildman–Crippen LogP) is 10.4. The highest BCUT2D eigenvalue weighted by Crippen LogP contribution is 2.54. The molecule has 1 N–H and O–H groups in total. The first kappa shape index (κ1) is 26.7. The van der Waals surface area contributed by atoms with Crippen LogP contribution in [0.1, 0.15) is 53.4 Å². The number of fused-ring (bicyclic) bond motifs is 4. The van der Waals surface area contributed by atoms with E-state index in [1.165, 1.54) is 44.3 Å². The summed E-state index contributed by atoms with van der Waals surface area (Å²) in [5.74, 6) is 0. The summed E-state index contributed by atoms with van der Waals surface area (Å²) in [6.07, 6.45) is 6.43. The van der Waals surface area contributed by atoms with Crippen LogP contribution in [0.25, 0.3) is 33.7 Å².